The fourth-order valence-corrected chi connectivity index (χ4v) is 2.19. The predicted octanol–water partition coefficient (Wildman–Crippen LogP) is 3.64. The molecular formula is C15H15ClN2O. The van der Waals surface area contributed by atoms with Crippen molar-refractivity contribution in [2.24, 2.45) is 5.16 Å². The van der Waals surface area contributed by atoms with Gasteiger partial charge in [0, 0.05) is 29.4 Å². The second-order valence-corrected chi connectivity index (χ2v) is 4.71. The Kier molecular flexibility index (Phi) is 4.53. The van der Waals surface area contributed by atoms with Crippen molar-refractivity contribution in [1.29, 1.82) is 0 Å². The minimum atomic E-state index is 0.654. The molecule has 0 spiro atoms. The molecule has 0 bridgehead atoms. The van der Waals surface area contributed by atoms with Gasteiger partial charge in [0.2, 0.25) is 0 Å². The third-order valence-corrected chi connectivity index (χ3v) is 2.89. The Hall–Kier alpha value is -1.87. The maximum Gasteiger partial charge on any atom is 0.106 e. The molecule has 2 aromatic rings. The predicted molar refractivity (Wildman–Crippen MR) is 77.7 cm³/mol. The summed E-state index contributed by atoms with van der Waals surface area (Å²) in [6, 6.07) is 9.76. The number of nitrogens with zero attached hydrogens (tertiary/aromatic N) is 2. The van der Waals surface area contributed by atoms with Crippen LogP contribution in [0, 0.1) is 6.92 Å². The van der Waals surface area contributed by atoms with Crippen LogP contribution in [0.25, 0.3) is 0 Å². The maximum atomic E-state index is 6.09. The summed E-state index contributed by atoms with van der Waals surface area (Å²) < 4.78 is 0. The molecule has 1 aromatic heterocycles. The van der Waals surface area contributed by atoms with E-state index in [9.17, 15) is 0 Å². The Morgan fingerprint density at radius 2 is 2.21 bits per heavy atom. The molecule has 0 unspecified atom stereocenters. The van der Waals surface area contributed by atoms with Gasteiger partial charge in [-0.05, 0) is 42.3 Å². The van der Waals surface area contributed by atoms with Gasteiger partial charge in [0.1, 0.15) is 7.11 Å². The third kappa shape index (κ3) is 3.80. The highest BCUT2D eigenvalue weighted by Gasteiger charge is 2.08. The highest BCUT2D eigenvalue weighted by Crippen LogP contribution is 2.17. The molecule has 1 aromatic carbocycles. The molecule has 1 heterocycles. The average Bonchev–Trinajstić information content (AvgIpc) is 2.38. The number of hydrogen-bond donors (Lipinski definition) is 0. The van der Waals surface area contributed by atoms with Gasteiger partial charge in [-0.15, -0.1) is 0 Å². The fraction of sp³-hybridized carbons (Fsp3) is 0.200. The number of pyridine rings is 1. The van der Waals surface area contributed by atoms with Crippen molar-refractivity contribution in [2.45, 2.75) is 13.3 Å². The van der Waals surface area contributed by atoms with Gasteiger partial charge >= 0.3 is 0 Å². The molecule has 0 aliphatic rings. The van der Waals surface area contributed by atoms with Crippen LogP contribution in [-0.4, -0.2) is 17.8 Å². The molecule has 0 amide bonds. The lowest BCUT2D eigenvalue weighted by atomic mass is 10.0. The molecular weight excluding hydrogens is 260 g/mol. The molecule has 3 nitrogen and oxygen atoms in total. The van der Waals surface area contributed by atoms with Crippen LogP contribution in [0.15, 0.2) is 47.9 Å². The quantitative estimate of drug-likeness (QED) is 0.630. The van der Waals surface area contributed by atoms with Crippen LogP contribution in [0.5, 0.6) is 0 Å². The summed E-state index contributed by atoms with van der Waals surface area (Å²) in [4.78, 5) is 9.04. The molecule has 0 fully saturated rings. The van der Waals surface area contributed by atoms with Crippen molar-refractivity contribution in [2.75, 3.05) is 7.11 Å². The number of halogens is 1. The number of aryl methyl sites for hydroxylation is 1. The Bertz CT molecular complexity index is 562. The van der Waals surface area contributed by atoms with Crippen LogP contribution < -0.4 is 0 Å². The summed E-state index contributed by atoms with van der Waals surface area (Å²) in [5, 5.41) is 4.80. The highest BCUT2D eigenvalue weighted by molar-refractivity contribution is 6.31. The standard InChI is InChI=1S/C15H15ClN2O/c1-11-6-13(9-14(16)7-11)15(18-19-2)8-12-4-3-5-17-10-12/h3-7,9-10H,8H2,1-2H3/b18-15+. The van der Waals surface area contributed by atoms with Gasteiger partial charge in [-0.3, -0.25) is 4.98 Å². The molecule has 0 saturated heterocycles. The van der Waals surface area contributed by atoms with Crippen molar-refractivity contribution in [3.05, 3.63) is 64.4 Å². The molecule has 4 heteroatoms. The van der Waals surface area contributed by atoms with Crippen molar-refractivity contribution in [3.8, 4) is 0 Å². The Labute approximate surface area is 117 Å². The number of oxime groups is 1. The Morgan fingerprint density at radius 1 is 1.37 bits per heavy atom. The lowest BCUT2D eigenvalue weighted by Gasteiger charge is -2.08. The van der Waals surface area contributed by atoms with Crippen LogP contribution >= 0.6 is 11.6 Å². The van der Waals surface area contributed by atoms with Gasteiger partial charge in [0.25, 0.3) is 0 Å². The maximum absolute atomic E-state index is 6.09. The van der Waals surface area contributed by atoms with Gasteiger partial charge < -0.3 is 4.84 Å². The summed E-state index contributed by atoms with van der Waals surface area (Å²) in [5.41, 5.74) is 3.98. The summed E-state index contributed by atoms with van der Waals surface area (Å²) in [7, 11) is 1.54. The van der Waals surface area contributed by atoms with Crippen LogP contribution in [0.4, 0.5) is 0 Å². The summed E-state index contributed by atoms with van der Waals surface area (Å²) in [5.74, 6) is 0. The van der Waals surface area contributed by atoms with Gasteiger partial charge in [-0.25, -0.2) is 0 Å². The van der Waals surface area contributed by atoms with Crippen molar-refractivity contribution >= 4 is 17.3 Å². The topological polar surface area (TPSA) is 34.5 Å². The van der Waals surface area contributed by atoms with E-state index in [-0.39, 0.29) is 0 Å². The first-order chi connectivity index (χ1) is 9.19. The van der Waals surface area contributed by atoms with Gasteiger partial charge in [-0.1, -0.05) is 22.8 Å². The number of rotatable bonds is 4. The number of hydrogen-bond acceptors (Lipinski definition) is 3. The molecule has 0 radical (unpaired) electrons. The van der Waals surface area contributed by atoms with Crippen LogP contribution in [0.2, 0.25) is 5.02 Å². The first-order valence-electron chi connectivity index (χ1n) is 5.95. The molecule has 0 saturated carbocycles. The van der Waals surface area contributed by atoms with Gasteiger partial charge in [0.15, 0.2) is 0 Å². The molecule has 2 rings (SSSR count). The molecule has 0 aliphatic carbocycles. The van der Waals surface area contributed by atoms with Crippen LogP contribution in [0.3, 0.4) is 0 Å². The van der Waals surface area contributed by atoms with E-state index in [1.807, 2.05) is 43.5 Å². The van der Waals surface area contributed by atoms with Crippen LogP contribution in [0.1, 0.15) is 16.7 Å². The highest BCUT2D eigenvalue weighted by atomic mass is 35.5. The summed E-state index contributed by atoms with van der Waals surface area (Å²) >= 11 is 6.09. The monoisotopic (exact) mass is 274 g/mol. The zero-order valence-electron chi connectivity index (χ0n) is 10.9. The number of benzene rings is 1. The third-order valence-electron chi connectivity index (χ3n) is 2.67. The Balaban J connectivity index is 2.33. The molecule has 98 valence electrons. The first-order valence-corrected chi connectivity index (χ1v) is 6.33. The molecule has 0 atom stereocenters. The minimum absolute atomic E-state index is 0.654. The second-order valence-electron chi connectivity index (χ2n) is 4.28. The lowest BCUT2D eigenvalue weighted by molar-refractivity contribution is 0.213. The molecule has 19 heavy (non-hydrogen) atoms. The van der Waals surface area contributed by atoms with Gasteiger partial charge in [-0.2, -0.15) is 0 Å². The van der Waals surface area contributed by atoms with E-state index >= 15 is 0 Å². The van der Waals surface area contributed by atoms with E-state index in [1.165, 1.54) is 0 Å². The number of aromatic nitrogens is 1. The van der Waals surface area contributed by atoms with Crippen molar-refractivity contribution in [1.82, 2.24) is 4.98 Å². The largest absolute Gasteiger partial charge is 0.399 e. The zero-order chi connectivity index (χ0) is 13.7. The normalized spacial score (nSPS) is 11.4. The molecule has 0 aliphatic heterocycles. The van der Waals surface area contributed by atoms with E-state index < -0.39 is 0 Å². The van der Waals surface area contributed by atoms with E-state index in [1.54, 1.807) is 13.3 Å². The Morgan fingerprint density at radius 3 is 2.84 bits per heavy atom. The van der Waals surface area contributed by atoms with E-state index in [2.05, 4.69) is 10.1 Å². The van der Waals surface area contributed by atoms with E-state index in [4.69, 9.17) is 16.4 Å². The van der Waals surface area contributed by atoms with Crippen molar-refractivity contribution < 1.29 is 4.84 Å². The minimum Gasteiger partial charge on any atom is -0.399 e. The fourth-order valence-electron chi connectivity index (χ4n) is 1.90. The van der Waals surface area contributed by atoms with E-state index in [0.29, 0.717) is 11.4 Å². The summed E-state index contributed by atoms with van der Waals surface area (Å²) in [6.07, 6.45) is 4.23. The van der Waals surface area contributed by atoms with Crippen LogP contribution in [-0.2, 0) is 11.3 Å². The SMILES string of the molecule is CO/N=C(\Cc1cccnc1)c1cc(C)cc(Cl)c1. The lowest BCUT2D eigenvalue weighted by Crippen LogP contribution is -2.06. The smallest absolute Gasteiger partial charge is 0.106 e. The second kappa shape index (κ2) is 6.34. The van der Waals surface area contributed by atoms with E-state index in [0.717, 1.165) is 22.4 Å². The summed E-state index contributed by atoms with van der Waals surface area (Å²) in [6.45, 7) is 2.00. The first kappa shape index (κ1) is 13.6. The molecule has 0 N–H and O–H groups in total. The van der Waals surface area contributed by atoms with Crippen molar-refractivity contribution in [3.63, 3.8) is 0 Å². The van der Waals surface area contributed by atoms with Gasteiger partial charge in [0.05, 0.1) is 5.71 Å². The average molecular weight is 275 g/mol. The zero-order valence-corrected chi connectivity index (χ0v) is 11.7.